The number of carbonyl (C=O) groups excluding carboxylic acids is 2. The second-order valence-electron chi connectivity index (χ2n) is 6.19. The van der Waals surface area contributed by atoms with Crippen molar-refractivity contribution < 1.29 is 14.1 Å². The van der Waals surface area contributed by atoms with Crippen LogP contribution in [0.2, 0.25) is 5.02 Å². The minimum Gasteiger partial charge on any atom is -0.339 e. The number of hydrogen-bond donors (Lipinski definition) is 2. The largest absolute Gasteiger partial charge is 0.339 e. The Morgan fingerprint density at radius 3 is 2.70 bits per heavy atom. The molecule has 27 heavy (non-hydrogen) atoms. The SMILES string of the molecule is CNC(C)Cc1noc(CCC2NC(=O)N(c3ccc(Cl)cc3)C2=O)n1.Cl. The fourth-order valence-electron chi connectivity index (χ4n) is 2.68. The van der Waals surface area contributed by atoms with E-state index in [4.69, 9.17) is 16.1 Å². The third kappa shape index (κ3) is 4.97. The number of benzene rings is 1. The van der Waals surface area contributed by atoms with Gasteiger partial charge in [0.25, 0.3) is 5.91 Å². The Kier molecular flexibility index (Phi) is 7.18. The van der Waals surface area contributed by atoms with Crippen molar-refractivity contribution in [3.05, 3.63) is 41.0 Å². The first-order chi connectivity index (χ1) is 12.5. The fraction of sp³-hybridized carbons (Fsp3) is 0.412. The van der Waals surface area contributed by atoms with Gasteiger partial charge in [-0.15, -0.1) is 12.4 Å². The minimum atomic E-state index is -0.621. The van der Waals surface area contributed by atoms with Gasteiger partial charge >= 0.3 is 6.03 Å². The molecule has 1 aliphatic rings. The van der Waals surface area contributed by atoms with Crippen LogP contribution < -0.4 is 15.5 Å². The lowest BCUT2D eigenvalue weighted by molar-refractivity contribution is -0.118. The van der Waals surface area contributed by atoms with Gasteiger partial charge in [0.05, 0.1) is 5.69 Å². The maximum atomic E-state index is 12.5. The van der Waals surface area contributed by atoms with Crippen LogP contribution in [0.1, 0.15) is 25.1 Å². The number of aromatic nitrogens is 2. The summed E-state index contributed by atoms with van der Waals surface area (Å²) >= 11 is 5.85. The number of halogens is 2. The molecule has 2 heterocycles. The van der Waals surface area contributed by atoms with Crippen LogP contribution in [0.4, 0.5) is 10.5 Å². The molecule has 0 radical (unpaired) electrons. The molecule has 0 spiro atoms. The van der Waals surface area contributed by atoms with Crippen LogP contribution in [0.3, 0.4) is 0 Å². The molecule has 1 fully saturated rings. The van der Waals surface area contributed by atoms with Gasteiger partial charge in [0.2, 0.25) is 5.89 Å². The molecule has 10 heteroatoms. The van der Waals surface area contributed by atoms with Crippen LogP contribution in [0, 0.1) is 0 Å². The van der Waals surface area contributed by atoms with Gasteiger partial charge < -0.3 is 15.2 Å². The van der Waals surface area contributed by atoms with E-state index in [0.29, 0.717) is 41.7 Å². The molecule has 2 aromatic rings. The number of nitrogens with zero attached hydrogens (tertiary/aromatic N) is 3. The fourth-order valence-corrected chi connectivity index (χ4v) is 2.81. The zero-order chi connectivity index (χ0) is 18.7. The minimum absolute atomic E-state index is 0. The molecule has 3 rings (SSSR count). The smallest absolute Gasteiger partial charge is 0.329 e. The molecule has 0 aliphatic carbocycles. The van der Waals surface area contributed by atoms with E-state index in [1.165, 1.54) is 0 Å². The van der Waals surface area contributed by atoms with Gasteiger partial charge in [0.15, 0.2) is 5.82 Å². The number of rotatable bonds is 7. The first-order valence-corrected chi connectivity index (χ1v) is 8.74. The van der Waals surface area contributed by atoms with Crippen molar-refractivity contribution >= 4 is 41.6 Å². The van der Waals surface area contributed by atoms with E-state index in [2.05, 4.69) is 20.8 Å². The van der Waals surface area contributed by atoms with Crippen LogP contribution in [0.25, 0.3) is 0 Å². The van der Waals surface area contributed by atoms with Gasteiger partial charge in [0.1, 0.15) is 6.04 Å². The monoisotopic (exact) mass is 413 g/mol. The third-order valence-corrected chi connectivity index (χ3v) is 4.49. The predicted octanol–water partition coefficient (Wildman–Crippen LogP) is 2.35. The number of urea groups is 1. The number of likely N-dealkylation sites (N-methyl/N-ethyl adjacent to an activating group) is 1. The summed E-state index contributed by atoms with van der Waals surface area (Å²) in [4.78, 5) is 30.1. The summed E-state index contributed by atoms with van der Waals surface area (Å²) in [6.45, 7) is 2.02. The summed E-state index contributed by atoms with van der Waals surface area (Å²) in [7, 11) is 1.87. The second kappa shape index (κ2) is 9.16. The maximum absolute atomic E-state index is 12.5. The van der Waals surface area contributed by atoms with Crippen molar-refractivity contribution in [1.29, 1.82) is 0 Å². The molecule has 2 unspecified atom stereocenters. The molecule has 1 aliphatic heterocycles. The first-order valence-electron chi connectivity index (χ1n) is 8.36. The molecule has 146 valence electrons. The molecule has 0 bridgehead atoms. The van der Waals surface area contributed by atoms with E-state index in [1.807, 2.05) is 14.0 Å². The number of anilines is 1. The van der Waals surface area contributed by atoms with E-state index in [1.54, 1.807) is 24.3 Å². The van der Waals surface area contributed by atoms with Crippen molar-refractivity contribution in [3.63, 3.8) is 0 Å². The number of aryl methyl sites for hydroxylation is 1. The lowest BCUT2D eigenvalue weighted by Gasteiger charge is -2.12. The van der Waals surface area contributed by atoms with Gasteiger partial charge in [-0.3, -0.25) is 4.79 Å². The van der Waals surface area contributed by atoms with Gasteiger partial charge in [-0.05, 0) is 44.7 Å². The summed E-state index contributed by atoms with van der Waals surface area (Å²) in [5.41, 5.74) is 0.487. The quantitative estimate of drug-likeness (QED) is 0.675. The van der Waals surface area contributed by atoms with Gasteiger partial charge in [0, 0.05) is 23.9 Å². The highest BCUT2D eigenvalue weighted by molar-refractivity contribution is 6.30. The van der Waals surface area contributed by atoms with Gasteiger partial charge in [-0.2, -0.15) is 4.98 Å². The van der Waals surface area contributed by atoms with Crippen LogP contribution in [-0.4, -0.2) is 41.2 Å². The van der Waals surface area contributed by atoms with E-state index in [9.17, 15) is 9.59 Å². The molecule has 1 aromatic carbocycles. The van der Waals surface area contributed by atoms with Gasteiger partial charge in [-0.25, -0.2) is 9.69 Å². The molecule has 2 N–H and O–H groups in total. The molecule has 8 nitrogen and oxygen atoms in total. The highest BCUT2D eigenvalue weighted by Gasteiger charge is 2.38. The van der Waals surface area contributed by atoms with Gasteiger partial charge in [-0.1, -0.05) is 16.8 Å². The van der Waals surface area contributed by atoms with Crippen LogP contribution >= 0.6 is 24.0 Å². The topological polar surface area (TPSA) is 100 Å². The average Bonchev–Trinajstić information content (AvgIpc) is 3.18. The molecule has 2 atom stereocenters. The van der Waals surface area contributed by atoms with Crippen molar-refractivity contribution in [2.24, 2.45) is 0 Å². The lowest BCUT2D eigenvalue weighted by atomic mass is 10.1. The van der Waals surface area contributed by atoms with Crippen LogP contribution in [0.15, 0.2) is 28.8 Å². The Morgan fingerprint density at radius 2 is 2.04 bits per heavy atom. The van der Waals surface area contributed by atoms with Crippen molar-refractivity contribution in [3.8, 4) is 0 Å². The molecular formula is C17H21Cl2N5O3. The normalized spacial score (nSPS) is 17.6. The standard InChI is InChI=1S/C17H20ClN5O3.ClH/c1-10(19-2)9-14-21-15(26-22-14)8-7-13-16(24)23(17(25)20-13)12-5-3-11(18)4-6-12;/h3-6,10,13,19H,7-9H2,1-2H3,(H,20,25);1H. The molecule has 3 amide bonds. The highest BCUT2D eigenvalue weighted by Crippen LogP contribution is 2.23. The van der Waals surface area contributed by atoms with E-state index in [-0.39, 0.29) is 24.4 Å². The van der Waals surface area contributed by atoms with Crippen molar-refractivity contribution in [2.75, 3.05) is 11.9 Å². The summed E-state index contributed by atoms with van der Waals surface area (Å²) in [5.74, 6) is 0.766. The summed E-state index contributed by atoms with van der Waals surface area (Å²) in [6, 6.07) is 5.71. The zero-order valence-corrected chi connectivity index (χ0v) is 16.5. The third-order valence-electron chi connectivity index (χ3n) is 4.24. The molecule has 0 saturated carbocycles. The maximum Gasteiger partial charge on any atom is 0.329 e. The average molecular weight is 414 g/mol. The Labute approximate surface area is 168 Å². The van der Waals surface area contributed by atoms with Crippen LogP contribution in [-0.2, 0) is 17.6 Å². The number of imide groups is 1. The van der Waals surface area contributed by atoms with Crippen LogP contribution in [0.5, 0.6) is 0 Å². The number of nitrogens with one attached hydrogen (secondary N) is 2. The number of hydrogen-bond acceptors (Lipinski definition) is 6. The van der Waals surface area contributed by atoms with Crippen molar-refractivity contribution in [1.82, 2.24) is 20.8 Å². The summed E-state index contributed by atoms with van der Waals surface area (Å²) in [6.07, 6.45) is 1.45. The highest BCUT2D eigenvalue weighted by atomic mass is 35.5. The molecule has 1 aromatic heterocycles. The Bertz CT molecular complexity index is 796. The predicted molar refractivity (Wildman–Crippen MR) is 103 cm³/mol. The Morgan fingerprint density at radius 1 is 1.33 bits per heavy atom. The molecular weight excluding hydrogens is 393 g/mol. The zero-order valence-electron chi connectivity index (χ0n) is 14.9. The second-order valence-corrected chi connectivity index (χ2v) is 6.63. The Hall–Kier alpha value is -2.16. The van der Waals surface area contributed by atoms with E-state index < -0.39 is 12.1 Å². The van der Waals surface area contributed by atoms with E-state index >= 15 is 0 Å². The summed E-state index contributed by atoms with van der Waals surface area (Å²) in [5, 5.41) is 10.3. The first kappa shape index (κ1) is 21.1. The number of amides is 3. The lowest BCUT2D eigenvalue weighted by Crippen LogP contribution is -2.31. The summed E-state index contributed by atoms with van der Waals surface area (Å²) < 4.78 is 5.22. The number of carbonyl (C=O) groups is 2. The Balaban J connectivity index is 0.00000261. The molecule has 1 saturated heterocycles. The van der Waals surface area contributed by atoms with E-state index in [0.717, 1.165) is 4.90 Å². The van der Waals surface area contributed by atoms with Crippen molar-refractivity contribution in [2.45, 2.75) is 38.3 Å².